The Morgan fingerprint density at radius 1 is 1.31 bits per heavy atom. The van der Waals surface area contributed by atoms with Gasteiger partial charge in [0.05, 0.1) is 12.2 Å². The lowest BCUT2D eigenvalue weighted by atomic mass is 9.79. The third-order valence-corrected chi connectivity index (χ3v) is 4.67. The molecule has 1 N–H and O–H groups in total. The highest BCUT2D eigenvalue weighted by Gasteiger charge is 2.52. The van der Waals surface area contributed by atoms with Crippen molar-refractivity contribution in [3.05, 3.63) is 29.3 Å². The fraction of sp³-hybridized carbons (Fsp3) is 0.571. The summed E-state index contributed by atoms with van der Waals surface area (Å²) in [6, 6.07) is 5.70. The lowest BCUT2D eigenvalue weighted by Gasteiger charge is -2.33. The van der Waals surface area contributed by atoms with E-state index in [1.165, 1.54) is 30.4 Å². The van der Waals surface area contributed by atoms with Crippen molar-refractivity contribution in [2.75, 3.05) is 0 Å². The minimum Gasteiger partial charge on any atom is -0.508 e. The molecule has 4 rings (SSSR count). The zero-order valence-electron chi connectivity index (χ0n) is 9.28. The smallest absolute Gasteiger partial charge is 0.115 e. The summed E-state index contributed by atoms with van der Waals surface area (Å²) in [4.78, 5) is 0. The maximum absolute atomic E-state index is 9.63. The van der Waals surface area contributed by atoms with Crippen molar-refractivity contribution in [1.29, 1.82) is 0 Å². The van der Waals surface area contributed by atoms with E-state index in [9.17, 15) is 5.11 Å². The first-order valence-corrected chi connectivity index (χ1v) is 6.23. The van der Waals surface area contributed by atoms with Gasteiger partial charge in [0.1, 0.15) is 5.75 Å². The number of phenols is 1. The normalized spacial score (nSPS) is 39.5. The van der Waals surface area contributed by atoms with Crippen LogP contribution in [0.5, 0.6) is 5.75 Å². The molecule has 84 valence electrons. The van der Waals surface area contributed by atoms with Crippen LogP contribution >= 0.6 is 0 Å². The minimum atomic E-state index is -0.0499. The topological polar surface area (TPSA) is 29.5 Å². The summed E-state index contributed by atoms with van der Waals surface area (Å²) in [7, 11) is 0. The van der Waals surface area contributed by atoms with Gasteiger partial charge >= 0.3 is 0 Å². The minimum absolute atomic E-state index is 0.0499. The molecule has 2 aliphatic carbocycles. The van der Waals surface area contributed by atoms with E-state index in [1.54, 1.807) is 6.07 Å². The average molecular weight is 216 g/mol. The van der Waals surface area contributed by atoms with E-state index in [0.717, 1.165) is 24.9 Å². The molecule has 0 radical (unpaired) electrons. The monoisotopic (exact) mass is 216 g/mol. The molecule has 2 nitrogen and oxygen atoms in total. The highest BCUT2D eigenvalue weighted by atomic mass is 16.5. The van der Waals surface area contributed by atoms with E-state index in [1.807, 2.05) is 12.1 Å². The van der Waals surface area contributed by atoms with Crippen molar-refractivity contribution in [1.82, 2.24) is 0 Å². The predicted octanol–water partition coefficient (Wildman–Crippen LogP) is 2.94. The molecule has 1 aromatic rings. The van der Waals surface area contributed by atoms with E-state index >= 15 is 0 Å². The highest BCUT2D eigenvalue weighted by molar-refractivity contribution is 5.41. The summed E-state index contributed by atoms with van der Waals surface area (Å²) >= 11 is 0. The molecular formula is C14H16O2. The first-order valence-electron chi connectivity index (χ1n) is 6.23. The number of rotatable bonds is 0. The molecule has 2 fully saturated rings. The van der Waals surface area contributed by atoms with E-state index in [0.29, 0.717) is 5.75 Å². The van der Waals surface area contributed by atoms with Gasteiger partial charge in [0.25, 0.3) is 0 Å². The maximum Gasteiger partial charge on any atom is 0.115 e. The van der Waals surface area contributed by atoms with Gasteiger partial charge in [0.2, 0.25) is 0 Å². The van der Waals surface area contributed by atoms with Crippen molar-refractivity contribution in [2.24, 2.45) is 11.8 Å². The third kappa shape index (κ3) is 1.11. The second kappa shape index (κ2) is 2.80. The summed E-state index contributed by atoms with van der Waals surface area (Å²) in [6.07, 6.45) is 5.03. The number of fused-ring (bicyclic) bond motifs is 3. The Kier molecular flexibility index (Phi) is 1.59. The molecular weight excluding hydrogens is 200 g/mol. The van der Waals surface area contributed by atoms with Crippen LogP contribution < -0.4 is 0 Å². The molecule has 0 bridgehead atoms. The van der Waals surface area contributed by atoms with Gasteiger partial charge in [-0.3, -0.25) is 0 Å². The van der Waals surface area contributed by atoms with Crippen LogP contribution in [-0.2, 0) is 16.9 Å². The van der Waals surface area contributed by atoms with Crippen LogP contribution in [0, 0.1) is 11.8 Å². The Balaban J connectivity index is 1.79. The Bertz CT molecular complexity index is 454. The van der Waals surface area contributed by atoms with Gasteiger partial charge in [-0.1, -0.05) is 6.07 Å². The molecule has 3 atom stereocenters. The summed E-state index contributed by atoms with van der Waals surface area (Å²) in [6.45, 7) is 0.729. The lowest BCUT2D eigenvalue weighted by Crippen LogP contribution is -2.29. The average Bonchev–Trinajstić information content (AvgIpc) is 2.97. The van der Waals surface area contributed by atoms with E-state index in [-0.39, 0.29) is 5.60 Å². The summed E-state index contributed by atoms with van der Waals surface area (Å²) in [5, 5.41) is 9.63. The maximum atomic E-state index is 9.63. The Morgan fingerprint density at radius 3 is 3.12 bits per heavy atom. The summed E-state index contributed by atoms with van der Waals surface area (Å²) < 4.78 is 6.09. The Labute approximate surface area is 95.2 Å². The Morgan fingerprint density at radius 2 is 2.25 bits per heavy atom. The molecule has 2 saturated carbocycles. The number of hydrogen-bond donors (Lipinski definition) is 1. The van der Waals surface area contributed by atoms with Crippen LogP contribution in [0.3, 0.4) is 0 Å². The standard InChI is InChI=1S/C14H16O2/c15-12-2-1-10-8-16-14(13(10)6-12)4-3-9-5-11(9)7-14/h1-2,6,9,11,15H,3-5,7-8H2. The molecule has 1 heterocycles. The van der Waals surface area contributed by atoms with Crippen LogP contribution in [0.25, 0.3) is 0 Å². The second-order valence-electron chi connectivity index (χ2n) is 5.62. The molecule has 0 saturated heterocycles. The van der Waals surface area contributed by atoms with Gasteiger partial charge in [-0.15, -0.1) is 0 Å². The van der Waals surface area contributed by atoms with Gasteiger partial charge in [0, 0.05) is 0 Å². The van der Waals surface area contributed by atoms with Crippen molar-refractivity contribution in [3.63, 3.8) is 0 Å². The molecule has 3 unspecified atom stereocenters. The van der Waals surface area contributed by atoms with Crippen molar-refractivity contribution in [3.8, 4) is 5.75 Å². The van der Waals surface area contributed by atoms with Crippen molar-refractivity contribution < 1.29 is 9.84 Å². The number of aromatic hydroxyl groups is 1. The van der Waals surface area contributed by atoms with Gasteiger partial charge in [-0.25, -0.2) is 0 Å². The second-order valence-corrected chi connectivity index (χ2v) is 5.62. The summed E-state index contributed by atoms with van der Waals surface area (Å²) in [5.74, 6) is 2.25. The van der Waals surface area contributed by atoms with Crippen molar-refractivity contribution >= 4 is 0 Å². The molecule has 0 aromatic heterocycles. The fourth-order valence-corrected chi connectivity index (χ4v) is 3.64. The third-order valence-electron chi connectivity index (χ3n) is 4.67. The number of phenolic OH excluding ortho intramolecular Hbond substituents is 1. The summed E-state index contributed by atoms with van der Waals surface area (Å²) in [5.41, 5.74) is 2.49. The molecule has 1 aliphatic heterocycles. The zero-order valence-corrected chi connectivity index (χ0v) is 9.28. The van der Waals surface area contributed by atoms with E-state index < -0.39 is 0 Å². The quantitative estimate of drug-likeness (QED) is 0.722. The molecule has 16 heavy (non-hydrogen) atoms. The molecule has 2 heteroatoms. The highest BCUT2D eigenvalue weighted by Crippen LogP contribution is 2.59. The van der Waals surface area contributed by atoms with Crippen LogP contribution in [0.1, 0.15) is 36.8 Å². The number of ether oxygens (including phenoxy) is 1. The van der Waals surface area contributed by atoms with E-state index in [2.05, 4.69) is 0 Å². The number of benzene rings is 1. The predicted molar refractivity (Wildman–Crippen MR) is 60.0 cm³/mol. The largest absolute Gasteiger partial charge is 0.508 e. The van der Waals surface area contributed by atoms with Gasteiger partial charge in [0.15, 0.2) is 0 Å². The molecule has 1 spiro atoms. The van der Waals surface area contributed by atoms with Crippen LogP contribution in [-0.4, -0.2) is 5.11 Å². The molecule has 1 aromatic carbocycles. The van der Waals surface area contributed by atoms with Crippen LogP contribution in [0.2, 0.25) is 0 Å². The molecule has 0 amide bonds. The van der Waals surface area contributed by atoms with Gasteiger partial charge < -0.3 is 9.84 Å². The van der Waals surface area contributed by atoms with Crippen LogP contribution in [0.15, 0.2) is 18.2 Å². The lowest BCUT2D eigenvalue weighted by molar-refractivity contribution is -0.0666. The first kappa shape index (κ1) is 9.06. The fourth-order valence-electron chi connectivity index (χ4n) is 3.64. The Hall–Kier alpha value is -1.02. The van der Waals surface area contributed by atoms with Crippen molar-refractivity contribution in [2.45, 2.75) is 37.9 Å². The number of hydrogen-bond acceptors (Lipinski definition) is 2. The van der Waals surface area contributed by atoms with Gasteiger partial charge in [-0.2, -0.15) is 0 Å². The van der Waals surface area contributed by atoms with E-state index in [4.69, 9.17) is 4.74 Å². The zero-order chi connectivity index (χ0) is 10.8. The SMILES string of the molecule is Oc1ccc2c(c1)C1(CCC3CC3C1)OC2. The first-order chi connectivity index (χ1) is 7.77. The van der Waals surface area contributed by atoms with Crippen LogP contribution in [0.4, 0.5) is 0 Å². The molecule has 3 aliphatic rings. The van der Waals surface area contributed by atoms with Gasteiger partial charge in [-0.05, 0) is 60.8 Å².